The van der Waals surface area contributed by atoms with Gasteiger partial charge in [0.1, 0.15) is 11.6 Å². The highest BCUT2D eigenvalue weighted by atomic mass is 16.3. The maximum atomic E-state index is 5.74. The highest BCUT2D eigenvalue weighted by Gasteiger charge is 2.25. The monoisotopic (exact) mass is 420 g/mol. The lowest BCUT2D eigenvalue weighted by Crippen LogP contribution is -2.39. The predicted molar refractivity (Wildman–Crippen MR) is 124 cm³/mol. The van der Waals surface area contributed by atoms with E-state index in [1.807, 2.05) is 37.5 Å². The van der Waals surface area contributed by atoms with Crippen LogP contribution in [0.4, 0.5) is 0 Å². The fourth-order valence-corrected chi connectivity index (χ4v) is 4.07. The molecule has 0 saturated carbocycles. The van der Waals surface area contributed by atoms with Gasteiger partial charge in [0.15, 0.2) is 5.96 Å². The van der Waals surface area contributed by atoms with E-state index in [-0.39, 0.29) is 6.04 Å². The van der Waals surface area contributed by atoms with Gasteiger partial charge in [0.25, 0.3) is 0 Å². The molecule has 1 fully saturated rings. The maximum Gasteiger partial charge on any atom is 0.194 e. The van der Waals surface area contributed by atoms with E-state index in [4.69, 9.17) is 9.41 Å². The van der Waals surface area contributed by atoms with Gasteiger partial charge in [0.2, 0.25) is 0 Å². The van der Waals surface area contributed by atoms with Crippen molar-refractivity contribution in [2.24, 2.45) is 4.99 Å². The molecule has 0 aliphatic carbocycles. The lowest BCUT2D eigenvalue weighted by atomic mass is 10.2. The summed E-state index contributed by atoms with van der Waals surface area (Å²) in [5, 5.41) is 3.42. The summed E-state index contributed by atoms with van der Waals surface area (Å²) in [5.74, 6) is 2.77. The molecule has 1 aliphatic heterocycles. The molecule has 0 radical (unpaired) electrons. The Kier molecular flexibility index (Phi) is 7.04. The van der Waals surface area contributed by atoms with Crippen LogP contribution in [0.5, 0.6) is 0 Å². The van der Waals surface area contributed by atoms with E-state index in [0.717, 1.165) is 48.4 Å². The Hall–Kier alpha value is -3.06. The normalized spacial score (nSPS) is 15.9. The Morgan fingerprint density at radius 3 is 2.74 bits per heavy atom. The van der Waals surface area contributed by atoms with Crippen molar-refractivity contribution in [3.63, 3.8) is 0 Å². The maximum absolute atomic E-state index is 5.74. The number of hydrogen-bond donors (Lipinski definition) is 2. The minimum Gasteiger partial charge on any atom is -0.468 e. The van der Waals surface area contributed by atoms with Crippen molar-refractivity contribution >= 4 is 5.96 Å². The van der Waals surface area contributed by atoms with Gasteiger partial charge in [-0.2, -0.15) is 0 Å². The van der Waals surface area contributed by atoms with Crippen molar-refractivity contribution in [3.05, 3.63) is 66.5 Å². The van der Waals surface area contributed by atoms with E-state index >= 15 is 0 Å². The number of H-pyrrole nitrogens is 1. The van der Waals surface area contributed by atoms with Crippen LogP contribution in [0, 0.1) is 0 Å². The molecular weight excluding hydrogens is 388 g/mol. The molecule has 7 heteroatoms. The third-order valence-corrected chi connectivity index (χ3v) is 5.66. The van der Waals surface area contributed by atoms with Crippen molar-refractivity contribution in [1.29, 1.82) is 0 Å². The van der Waals surface area contributed by atoms with Gasteiger partial charge in [0.05, 0.1) is 37.3 Å². The van der Waals surface area contributed by atoms with Crippen LogP contribution in [-0.4, -0.2) is 59.0 Å². The smallest absolute Gasteiger partial charge is 0.194 e. The number of nitrogens with zero attached hydrogens (tertiary/aromatic N) is 4. The first-order chi connectivity index (χ1) is 15.2. The summed E-state index contributed by atoms with van der Waals surface area (Å²) < 4.78 is 5.74. The first-order valence-electron chi connectivity index (χ1n) is 11.1. The Balaban J connectivity index is 1.45. The van der Waals surface area contributed by atoms with Gasteiger partial charge in [0, 0.05) is 13.6 Å². The Labute approximate surface area is 184 Å². The fraction of sp³-hybridized carbons (Fsp3) is 0.417. The highest BCUT2D eigenvalue weighted by molar-refractivity contribution is 5.79. The minimum atomic E-state index is 0.174. The van der Waals surface area contributed by atoms with Crippen LogP contribution < -0.4 is 5.32 Å². The number of guanidine groups is 1. The average Bonchev–Trinajstić information content (AvgIpc) is 3.57. The Bertz CT molecular complexity index is 944. The molecule has 0 spiro atoms. The summed E-state index contributed by atoms with van der Waals surface area (Å²) in [4.78, 5) is 17.6. The zero-order valence-electron chi connectivity index (χ0n) is 18.4. The molecule has 1 atom stereocenters. The van der Waals surface area contributed by atoms with Crippen LogP contribution in [0.25, 0.3) is 11.3 Å². The second-order valence-corrected chi connectivity index (χ2v) is 7.93. The molecule has 0 bridgehead atoms. The number of nitrogens with one attached hydrogen (secondary N) is 2. The molecular formula is C24H32N6O. The number of aliphatic imine (C=N–C) groups is 1. The third-order valence-electron chi connectivity index (χ3n) is 5.66. The van der Waals surface area contributed by atoms with E-state index in [1.165, 1.54) is 12.8 Å². The lowest BCUT2D eigenvalue weighted by molar-refractivity contribution is 0.220. The van der Waals surface area contributed by atoms with Gasteiger partial charge in [-0.1, -0.05) is 30.3 Å². The van der Waals surface area contributed by atoms with Crippen LogP contribution in [0.2, 0.25) is 0 Å². The summed E-state index contributed by atoms with van der Waals surface area (Å²) in [5.41, 5.74) is 2.16. The number of hydrogen-bond acceptors (Lipinski definition) is 4. The summed E-state index contributed by atoms with van der Waals surface area (Å²) in [7, 11) is 2.05. The van der Waals surface area contributed by atoms with E-state index in [1.54, 1.807) is 6.26 Å². The average molecular weight is 421 g/mol. The Morgan fingerprint density at radius 1 is 1.23 bits per heavy atom. The zero-order chi connectivity index (χ0) is 21.5. The topological polar surface area (TPSA) is 72.7 Å². The van der Waals surface area contributed by atoms with Gasteiger partial charge in [-0.05, 0) is 50.6 Å². The number of imidazole rings is 1. The van der Waals surface area contributed by atoms with Crippen LogP contribution in [0.1, 0.15) is 37.4 Å². The second kappa shape index (κ2) is 10.3. The number of likely N-dealkylation sites (tertiary alicyclic amines) is 1. The molecule has 2 aromatic heterocycles. The molecule has 2 N–H and O–H groups in total. The van der Waals surface area contributed by atoms with E-state index in [9.17, 15) is 0 Å². The number of rotatable bonds is 8. The summed E-state index contributed by atoms with van der Waals surface area (Å²) in [6.07, 6.45) is 6.12. The van der Waals surface area contributed by atoms with Crippen LogP contribution in [0.3, 0.4) is 0 Å². The van der Waals surface area contributed by atoms with E-state index in [0.29, 0.717) is 13.1 Å². The quantitative estimate of drug-likeness (QED) is 0.427. The molecule has 1 aliphatic rings. The van der Waals surface area contributed by atoms with Gasteiger partial charge < -0.3 is 19.6 Å². The molecule has 164 valence electrons. The molecule has 4 rings (SSSR count). The standard InChI is InChI=1S/C24H32N6O/c1-3-25-24(27-17-21(22-12-9-15-31-22)30-13-7-8-14-30)29(2)18-23-26-16-20(28-23)19-10-5-4-6-11-19/h4-6,9-12,15-16,21H,3,7-8,13-14,17-18H2,1-2H3,(H,25,27)(H,26,28). The summed E-state index contributed by atoms with van der Waals surface area (Å²) >= 11 is 0. The second-order valence-electron chi connectivity index (χ2n) is 7.93. The lowest BCUT2D eigenvalue weighted by Gasteiger charge is -2.26. The molecule has 1 unspecified atom stereocenters. The highest BCUT2D eigenvalue weighted by Crippen LogP contribution is 2.26. The molecule has 7 nitrogen and oxygen atoms in total. The van der Waals surface area contributed by atoms with Crippen molar-refractivity contribution in [3.8, 4) is 11.3 Å². The van der Waals surface area contributed by atoms with Crippen molar-refractivity contribution < 1.29 is 4.42 Å². The van der Waals surface area contributed by atoms with Crippen molar-refractivity contribution in [1.82, 2.24) is 25.1 Å². The van der Waals surface area contributed by atoms with Crippen LogP contribution in [0.15, 0.2) is 64.3 Å². The van der Waals surface area contributed by atoms with Crippen molar-refractivity contribution in [2.75, 3.05) is 33.2 Å². The number of furan rings is 1. The first kappa shape index (κ1) is 21.2. The zero-order valence-corrected chi connectivity index (χ0v) is 18.4. The SMILES string of the molecule is CCNC(=NCC(c1ccco1)N1CCCC1)N(C)Cc1ncc(-c2ccccc2)[nH]1. The van der Waals surface area contributed by atoms with Gasteiger partial charge >= 0.3 is 0 Å². The summed E-state index contributed by atoms with van der Waals surface area (Å²) in [6, 6.07) is 14.4. The number of aromatic amines is 1. The number of benzene rings is 1. The van der Waals surface area contributed by atoms with Gasteiger partial charge in [-0.15, -0.1) is 0 Å². The van der Waals surface area contributed by atoms with Crippen LogP contribution >= 0.6 is 0 Å². The molecule has 3 aromatic rings. The molecule has 3 heterocycles. The largest absolute Gasteiger partial charge is 0.468 e. The first-order valence-corrected chi connectivity index (χ1v) is 11.1. The van der Waals surface area contributed by atoms with E-state index < -0.39 is 0 Å². The minimum absolute atomic E-state index is 0.174. The predicted octanol–water partition coefficient (Wildman–Crippen LogP) is 3.90. The Morgan fingerprint density at radius 2 is 2.03 bits per heavy atom. The van der Waals surface area contributed by atoms with E-state index in [2.05, 4.69) is 50.2 Å². The molecule has 1 saturated heterocycles. The molecule has 1 aromatic carbocycles. The number of aromatic nitrogens is 2. The third kappa shape index (κ3) is 5.35. The van der Waals surface area contributed by atoms with Crippen molar-refractivity contribution in [2.45, 2.75) is 32.4 Å². The van der Waals surface area contributed by atoms with Gasteiger partial charge in [-0.3, -0.25) is 9.89 Å². The molecule has 0 amide bonds. The van der Waals surface area contributed by atoms with Crippen LogP contribution in [-0.2, 0) is 6.54 Å². The summed E-state index contributed by atoms with van der Waals surface area (Å²) in [6.45, 7) is 6.41. The fourth-order valence-electron chi connectivity index (χ4n) is 4.07. The molecule has 31 heavy (non-hydrogen) atoms. The van der Waals surface area contributed by atoms with Gasteiger partial charge in [-0.25, -0.2) is 4.98 Å².